The van der Waals surface area contributed by atoms with E-state index in [0.29, 0.717) is 0 Å². The summed E-state index contributed by atoms with van der Waals surface area (Å²) in [7, 11) is -1.87. The van der Waals surface area contributed by atoms with E-state index in [1.807, 2.05) is 0 Å². The Morgan fingerprint density at radius 2 is 2.20 bits per heavy atom. The van der Waals surface area contributed by atoms with Crippen LogP contribution in [0.5, 0.6) is 0 Å². The first-order valence-electron chi connectivity index (χ1n) is 4.35. The third-order valence-corrected chi connectivity index (χ3v) is 3.95. The maximum absolute atomic E-state index is 11.8. The lowest BCUT2D eigenvalue weighted by Gasteiger charge is -2.21. The lowest BCUT2D eigenvalue weighted by atomic mass is 10.1. The van der Waals surface area contributed by atoms with Crippen molar-refractivity contribution in [3.8, 4) is 0 Å². The highest BCUT2D eigenvalue weighted by atomic mass is 35.5. The van der Waals surface area contributed by atoms with Gasteiger partial charge in [0.05, 0.1) is 6.33 Å². The number of alkyl halides is 1. The zero-order chi connectivity index (χ0) is 11.7. The van der Waals surface area contributed by atoms with Crippen molar-refractivity contribution in [3.05, 3.63) is 12.5 Å². The van der Waals surface area contributed by atoms with E-state index in [0.717, 1.165) is 0 Å². The molecule has 0 bridgehead atoms. The number of imidazole rings is 1. The predicted molar refractivity (Wildman–Crippen MR) is 58.3 cm³/mol. The van der Waals surface area contributed by atoms with Crippen LogP contribution >= 0.6 is 11.6 Å². The largest absolute Gasteiger partial charge is 0.339 e. The van der Waals surface area contributed by atoms with Crippen molar-refractivity contribution < 1.29 is 8.42 Å². The highest BCUT2D eigenvalue weighted by Crippen LogP contribution is 2.11. The molecule has 0 aliphatic heterocycles. The van der Waals surface area contributed by atoms with Crippen LogP contribution in [0.15, 0.2) is 17.6 Å². The molecule has 1 N–H and O–H groups in total. The lowest BCUT2D eigenvalue weighted by molar-refractivity contribution is 0.494. The minimum atomic E-state index is -3.58. The van der Waals surface area contributed by atoms with Gasteiger partial charge in [-0.1, -0.05) is 0 Å². The fourth-order valence-corrected chi connectivity index (χ4v) is 2.51. The van der Waals surface area contributed by atoms with E-state index in [1.165, 1.54) is 12.5 Å². The Kier molecular flexibility index (Phi) is 3.42. The number of nitrogens with one attached hydrogen (secondary N) is 1. The Morgan fingerprint density at radius 1 is 1.60 bits per heavy atom. The summed E-state index contributed by atoms with van der Waals surface area (Å²) in [6.45, 7) is 3.42. The molecule has 0 atom stereocenters. The lowest BCUT2D eigenvalue weighted by Crippen LogP contribution is -2.44. The summed E-state index contributed by atoms with van der Waals surface area (Å²) in [5.74, 6) is 0.194. The van der Waals surface area contributed by atoms with Crippen LogP contribution in [0.4, 0.5) is 0 Å². The predicted octanol–water partition coefficient (Wildman–Crippen LogP) is 0.716. The average molecular weight is 252 g/mol. The summed E-state index contributed by atoms with van der Waals surface area (Å²) in [5.41, 5.74) is -0.683. The maximum Gasteiger partial charge on any atom is 0.260 e. The SMILES string of the molecule is Cn1cnc(S(=O)(=O)NC(C)(C)CCl)c1. The van der Waals surface area contributed by atoms with Crippen molar-refractivity contribution in [1.82, 2.24) is 14.3 Å². The van der Waals surface area contributed by atoms with Gasteiger partial charge in [-0.25, -0.2) is 18.1 Å². The third kappa shape index (κ3) is 3.19. The fourth-order valence-electron chi connectivity index (χ4n) is 0.971. The normalized spacial score (nSPS) is 13.1. The molecule has 0 unspecified atom stereocenters. The van der Waals surface area contributed by atoms with E-state index in [9.17, 15) is 8.42 Å². The number of hydrogen-bond donors (Lipinski definition) is 1. The van der Waals surface area contributed by atoms with Gasteiger partial charge in [-0.15, -0.1) is 11.6 Å². The van der Waals surface area contributed by atoms with Crippen LogP contribution in [-0.4, -0.2) is 29.4 Å². The van der Waals surface area contributed by atoms with Gasteiger partial charge in [-0.2, -0.15) is 0 Å². The molecule has 0 saturated carbocycles. The standard InChI is InChI=1S/C8H14ClN3O2S/c1-8(2,5-9)11-15(13,14)7-4-12(3)6-10-7/h4,6,11H,5H2,1-3H3. The third-order valence-electron chi connectivity index (χ3n) is 1.70. The maximum atomic E-state index is 11.8. The minimum Gasteiger partial charge on any atom is -0.339 e. The van der Waals surface area contributed by atoms with E-state index in [2.05, 4.69) is 9.71 Å². The van der Waals surface area contributed by atoms with Crippen molar-refractivity contribution in [2.24, 2.45) is 7.05 Å². The second-order valence-electron chi connectivity index (χ2n) is 4.00. The van der Waals surface area contributed by atoms with Crippen molar-refractivity contribution in [3.63, 3.8) is 0 Å². The van der Waals surface area contributed by atoms with E-state index in [4.69, 9.17) is 11.6 Å². The van der Waals surface area contributed by atoms with Crippen LogP contribution in [0.3, 0.4) is 0 Å². The number of aryl methyl sites for hydroxylation is 1. The summed E-state index contributed by atoms with van der Waals surface area (Å²) in [4.78, 5) is 3.78. The summed E-state index contributed by atoms with van der Waals surface area (Å²) in [6, 6.07) is 0. The summed E-state index contributed by atoms with van der Waals surface area (Å²) < 4.78 is 27.6. The molecule has 1 aromatic heterocycles. The molecule has 0 spiro atoms. The first kappa shape index (κ1) is 12.5. The molecular formula is C8H14ClN3O2S. The van der Waals surface area contributed by atoms with E-state index < -0.39 is 15.6 Å². The van der Waals surface area contributed by atoms with Gasteiger partial charge in [0.1, 0.15) is 0 Å². The van der Waals surface area contributed by atoms with E-state index in [-0.39, 0.29) is 10.9 Å². The van der Waals surface area contributed by atoms with E-state index >= 15 is 0 Å². The quantitative estimate of drug-likeness (QED) is 0.802. The van der Waals surface area contributed by atoms with Crippen LogP contribution in [0.2, 0.25) is 0 Å². The fraction of sp³-hybridized carbons (Fsp3) is 0.625. The number of hydrogen-bond acceptors (Lipinski definition) is 3. The molecule has 7 heteroatoms. The molecule has 0 fully saturated rings. The Hall–Kier alpha value is -0.590. The second-order valence-corrected chi connectivity index (χ2v) is 5.90. The number of aromatic nitrogens is 2. The number of nitrogens with zero attached hydrogens (tertiary/aromatic N) is 2. The zero-order valence-corrected chi connectivity index (χ0v) is 10.4. The topological polar surface area (TPSA) is 64.0 Å². The second kappa shape index (κ2) is 4.11. The van der Waals surface area contributed by atoms with Gasteiger partial charge in [-0.3, -0.25) is 0 Å². The molecule has 1 heterocycles. The average Bonchev–Trinajstić information content (AvgIpc) is 2.51. The highest BCUT2D eigenvalue weighted by Gasteiger charge is 2.26. The van der Waals surface area contributed by atoms with Gasteiger partial charge in [0, 0.05) is 24.7 Å². The van der Waals surface area contributed by atoms with Gasteiger partial charge in [0.2, 0.25) is 0 Å². The van der Waals surface area contributed by atoms with Crippen molar-refractivity contribution in [1.29, 1.82) is 0 Å². The van der Waals surface area contributed by atoms with Crippen molar-refractivity contribution in [2.45, 2.75) is 24.4 Å². The van der Waals surface area contributed by atoms with Crippen molar-refractivity contribution in [2.75, 3.05) is 5.88 Å². The molecule has 0 radical (unpaired) electrons. The molecule has 86 valence electrons. The van der Waals surface area contributed by atoms with Crippen LogP contribution in [0.1, 0.15) is 13.8 Å². The molecule has 0 saturated heterocycles. The summed E-state index contributed by atoms with van der Waals surface area (Å²) in [5, 5.41) is 0.00296. The van der Waals surface area contributed by atoms with Gasteiger partial charge >= 0.3 is 0 Å². The van der Waals surface area contributed by atoms with Gasteiger partial charge in [-0.05, 0) is 13.8 Å². The van der Waals surface area contributed by atoms with Gasteiger partial charge in [0.25, 0.3) is 10.0 Å². The molecule has 0 aliphatic rings. The zero-order valence-electron chi connectivity index (χ0n) is 8.86. The number of sulfonamides is 1. The Labute approximate surface area is 94.5 Å². The Morgan fingerprint density at radius 3 is 2.60 bits per heavy atom. The molecular weight excluding hydrogens is 238 g/mol. The molecule has 1 aromatic rings. The van der Waals surface area contributed by atoms with Crippen LogP contribution in [0, 0.1) is 0 Å². The smallest absolute Gasteiger partial charge is 0.260 e. The van der Waals surface area contributed by atoms with E-state index in [1.54, 1.807) is 25.5 Å². The number of halogens is 1. The molecule has 1 rings (SSSR count). The number of rotatable bonds is 4. The van der Waals surface area contributed by atoms with Crippen LogP contribution in [0.25, 0.3) is 0 Å². The first-order valence-corrected chi connectivity index (χ1v) is 6.36. The Bertz CT molecular complexity index is 438. The van der Waals surface area contributed by atoms with Gasteiger partial charge < -0.3 is 4.57 Å². The summed E-state index contributed by atoms with van der Waals surface area (Å²) >= 11 is 5.64. The summed E-state index contributed by atoms with van der Waals surface area (Å²) in [6.07, 6.45) is 2.87. The molecule has 15 heavy (non-hydrogen) atoms. The van der Waals surface area contributed by atoms with Crippen LogP contribution in [-0.2, 0) is 17.1 Å². The minimum absolute atomic E-state index is 0.00296. The monoisotopic (exact) mass is 251 g/mol. The van der Waals surface area contributed by atoms with Crippen LogP contribution < -0.4 is 4.72 Å². The highest BCUT2D eigenvalue weighted by molar-refractivity contribution is 7.89. The Balaban J connectivity index is 2.95. The molecule has 0 amide bonds. The molecule has 0 aromatic carbocycles. The first-order chi connectivity index (χ1) is 6.77. The van der Waals surface area contributed by atoms with Crippen molar-refractivity contribution >= 4 is 21.6 Å². The molecule has 0 aliphatic carbocycles. The van der Waals surface area contributed by atoms with Gasteiger partial charge in [0.15, 0.2) is 5.03 Å². The molecule has 5 nitrogen and oxygen atoms in total.